The summed E-state index contributed by atoms with van der Waals surface area (Å²) in [6.45, 7) is 2.34. The lowest BCUT2D eigenvalue weighted by Crippen LogP contribution is -2.50. The van der Waals surface area contributed by atoms with Crippen LogP contribution >= 0.6 is 11.6 Å². The van der Waals surface area contributed by atoms with E-state index in [1.165, 1.54) is 12.1 Å². The molecule has 8 nitrogen and oxygen atoms in total. The molecule has 2 amide bonds. The summed E-state index contributed by atoms with van der Waals surface area (Å²) >= 11 is 6.31. The lowest BCUT2D eigenvalue weighted by molar-refractivity contribution is 0.0388. The second-order valence-electron chi connectivity index (χ2n) is 7.66. The Balaban J connectivity index is 1.58. The summed E-state index contributed by atoms with van der Waals surface area (Å²) in [4.78, 5) is 16.2. The Morgan fingerprint density at radius 3 is 2.61 bits per heavy atom. The fourth-order valence-electron chi connectivity index (χ4n) is 3.55. The molecule has 31 heavy (non-hydrogen) atoms. The molecule has 0 aliphatic heterocycles. The van der Waals surface area contributed by atoms with Gasteiger partial charge in [0.1, 0.15) is 0 Å². The first-order chi connectivity index (χ1) is 14.8. The van der Waals surface area contributed by atoms with Crippen LogP contribution < -0.4 is 15.4 Å². The number of hydrogen-bond donors (Lipinski definition) is 3. The number of anilines is 1. The fourth-order valence-corrected chi connectivity index (χ4v) is 5.10. The van der Waals surface area contributed by atoms with Gasteiger partial charge in [-0.3, -0.25) is 4.98 Å². The summed E-state index contributed by atoms with van der Waals surface area (Å²) in [6.07, 6.45) is 4.23. The number of nitrogens with one attached hydrogen (secondary N) is 3. The van der Waals surface area contributed by atoms with Gasteiger partial charge < -0.3 is 15.4 Å². The topological polar surface area (TPSA) is 109 Å². The lowest BCUT2D eigenvalue weighted by Gasteiger charge is -2.37. The monoisotopic (exact) mass is 466 g/mol. The second-order valence-corrected chi connectivity index (χ2v) is 9.93. The van der Waals surface area contributed by atoms with Gasteiger partial charge in [-0.2, -0.15) is 0 Å². The molecule has 0 bridgehead atoms. The SMILES string of the molecule is COC1CC(Cl)C(C)CC1NS(=O)(=O)c1ccc(NC(=O)NCc2cccnc2)cc1. The van der Waals surface area contributed by atoms with Gasteiger partial charge in [-0.15, -0.1) is 11.6 Å². The van der Waals surface area contributed by atoms with Crippen LogP contribution in [0.1, 0.15) is 25.3 Å². The van der Waals surface area contributed by atoms with Crippen molar-refractivity contribution in [1.82, 2.24) is 15.0 Å². The van der Waals surface area contributed by atoms with Crippen LogP contribution in [0.25, 0.3) is 0 Å². The number of benzene rings is 1. The van der Waals surface area contributed by atoms with Crippen LogP contribution in [0.15, 0.2) is 53.7 Å². The molecule has 1 aromatic heterocycles. The van der Waals surface area contributed by atoms with E-state index in [-0.39, 0.29) is 28.3 Å². The van der Waals surface area contributed by atoms with Crippen LogP contribution in [-0.2, 0) is 21.3 Å². The first kappa shape index (κ1) is 23.5. The van der Waals surface area contributed by atoms with Gasteiger partial charge in [0.25, 0.3) is 0 Å². The number of methoxy groups -OCH3 is 1. The van der Waals surface area contributed by atoms with Crippen LogP contribution in [-0.4, -0.2) is 44.1 Å². The van der Waals surface area contributed by atoms with Gasteiger partial charge in [-0.05, 0) is 54.7 Å². The highest BCUT2D eigenvalue weighted by Gasteiger charge is 2.36. The maximum absolute atomic E-state index is 12.8. The highest BCUT2D eigenvalue weighted by atomic mass is 35.5. The number of carbonyl (C=O) groups is 1. The molecule has 1 heterocycles. The number of carbonyl (C=O) groups excluding carboxylic acids is 1. The molecule has 1 fully saturated rings. The third-order valence-electron chi connectivity index (χ3n) is 5.36. The van der Waals surface area contributed by atoms with Gasteiger partial charge in [-0.1, -0.05) is 13.0 Å². The summed E-state index contributed by atoms with van der Waals surface area (Å²) in [5.74, 6) is 0.178. The Morgan fingerprint density at radius 2 is 1.97 bits per heavy atom. The number of urea groups is 1. The highest BCUT2D eigenvalue weighted by Crippen LogP contribution is 2.31. The van der Waals surface area contributed by atoms with E-state index in [4.69, 9.17) is 16.3 Å². The molecule has 1 aliphatic carbocycles. The van der Waals surface area contributed by atoms with E-state index >= 15 is 0 Å². The zero-order valence-electron chi connectivity index (χ0n) is 17.4. The molecule has 168 valence electrons. The molecule has 3 rings (SSSR count). The van der Waals surface area contributed by atoms with E-state index in [9.17, 15) is 13.2 Å². The van der Waals surface area contributed by atoms with Crippen molar-refractivity contribution in [1.29, 1.82) is 0 Å². The van der Waals surface area contributed by atoms with Crippen LogP contribution in [0.4, 0.5) is 10.5 Å². The smallest absolute Gasteiger partial charge is 0.319 e. The molecule has 1 aliphatic rings. The fraction of sp³-hybridized carbons (Fsp3) is 0.429. The van der Waals surface area contributed by atoms with Crippen LogP contribution in [0.3, 0.4) is 0 Å². The van der Waals surface area contributed by atoms with Gasteiger partial charge in [0.2, 0.25) is 10.0 Å². The zero-order chi connectivity index (χ0) is 22.4. The first-order valence-corrected chi connectivity index (χ1v) is 11.9. The molecule has 1 aromatic carbocycles. The van der Waals surface area contributed by atoms with Crippen LogP contribution in [0.2, 0.25) is 0 Å². The number of amides is 2. The molecule has 10 heteroatoms. The summed E-state index contributed by atoms with van der Waals surface area (Å²) in [5, 5.41) is 5.36. The van der Waals surface area contributed by atoms with Crippen molar-refractivity contribution in [3.63, 3.8) is 0 Å². The van der Waals surface area contributed by atoms with Crippen LogP contribution in [0.5, 0.6) is 0 Å². The zero-order valence-corrected chi connectivity index (χ0v) is 19.0. The normalized spacial score (nSPS) is 23.8. The Morgan fingerprint density at radius 1 is 1.23 bits per heavy atom. The van der Waals surface area contributed by atoms with Crippen molar-refractivity contribution in [3.05, 3.63) is 54.4 Å². The van der Waals surface area contributed by atoms with E-state index in [1.54, 1.807) is 37.7 Å². The van der Waals surface area contributed by atoms with E-state index in [2.05, 4.69) is 20.3 Å². The minimum Gasteiger partial charge on any atom is -0.380 e. The molecule has 0 spiro atoms. The average Bonchev–Trinajstić information content (AvgIpc) is 2.75. The molecule has 2 aromatic rings. The Bertz CT molecular complexity index is 973. The largest absolute Gasteiger partial charge is 0.380 e. The number of hydrogen-bond acceptors (Lipinski definition) is 5. The molecule has 4 unspecified atom stereocenters. The van der Waals surface area contributed by atoms with Crippen molar-refractivity contribution < 1.29 is 17.9 Å². The van der Waals surface area contributed by atoms with Gasteiger partial charge >= 0.3 is 6.03 Å². The molecule has 0 radical (unpaired) electrons. The number of ether oxygens (including phenoxy) is 1. The summed E-state index contributed by atoms with van der Waals surface area (Å²) in [7, 11) is -2.18. The highest BCUT2D eigenvalue weighted by molar-refractivity contribution is 7.89. The van der Waals surface area contributed by atoms with Crippen LogP contribution in [0, 0.1) is 5.92 Å². The van der Waals surface area contributed by atoms with Gasteiger partial charge in [0.05, 0.1) is 11.0 Å². The van der Waals surface area contributed by atoms with E-state index < -0.39 is 16.1 Å². The quantitative estimate of drug-likeness (QED) is 0.543. The molecule has 0 saturated heterocycles. The van der Waals surface area contributed by atoms with E-state index in [1.807, 2.05) is 13.0 Å². The van der Waals surface area contributed by atoms with Crippen molar-refractivity contribution >= 4 is 33.3 Å². The predicted molar refractivity (Wildman–Crippen MR) is 119 cm³/mol. The van der Waals surface area contributed by atoms with Crippen molar-refractivity contribution in [2.75, 3.05) is 12.4 Å². The number of sulfonamides is 1. The lowest BCUT2D eigenvalue weighted by atomic mass is 9.85. The van der Waals surface area contributed by atoms with Crippen molar-refractivity contribution in [2.45, 2.75) is 48.7 Å². The second kappa shape index (κ2) is 10.4. The molecular formula is C21H27ClN4O4S. The molecule has 3 N–H and O–H groups in total. The number of rotatable bonds is 7. The predicted octanol–water partition coefficient (Wildman–Crippen LogP) is 3.10. The van der Waals surface area contributed by atoms with Gasteiger partial charge in [0, 0.05) is 43.2 Å². The third kappa shape index (κ3) is 6.39. The maximum Gasteiger partial charge on any atom is 0.319 e. The van der Waals surface area contributed by atoms with E-state index in [0.717, 1.165) is 5.56 Å². The molecule has 1 saturated carbocycles. The Labute approximate surface area is 187 Å². The average molecular weight is 467 g/mol. The Kier molecular flexibility index (Phi) is 7.88. The minimum atomic E-state index is -3.74. The standard InChI is InChI=1S/C21H27ClN4O4S/c1-14-10-19(20(30-2)11-18(14)22)26-31(28,29)17-7-5-16(6-8-17)25-21(27)24-13-15-4-3-9-23-12-15/h3-9,12,14,18-20,26H,10-11,13H2,1-2H3,(H2,24,25,27). The van der Waals surface area contributed by atoms with Crippen molar-refractivity contribution in [2.24, 2.45) is 5.92 Å². The number of nitrogens with zero attached hydrogens (tertiary/aromatic N) is 1. The summed E-state index contributed by atoms with van der Waals surface area (Å²) in [6, 6.07) is 8.90. The first-order valence-electron chi connectivity index (χ1n) is 10.0. The number of aromatic nitrogens is 1. The summed E-state index contributed by atoms with van der Waals surface area (Å²) < 4.78 is 33.9. The van der Waals surface area contributed by atoms with Gasteiger partial charge in [-0.25, -0.2) is 17.9 Å². The Hall–Kier alpha value is -2.20. The van der Waals surface area contributed by atoms with Crippen molar-refractivity contribution in [3.8, 4) is 0 Å². The summed E-state index contributed by atoms with van der Waals surface area (Å²) in [5.41, 5.74) is 1.35. The molecular weight excluding hydrogens is 440 g/mol. The van der Waals surface area contributed by atoms with E-state index in [0.29, 0.717) is 25.1 Å². The third-order valence-corrected chi connectivity index (χ3v) is 7.47. The molecule has 4 atom stereocenters. The number of alkyl halides is 1. The maximum atomic E-state index is 12.8. The number of halogens is 1. The number of pyridine rings is 1. The van der Waals surface area contributed by atoms with Gasteiger partial charge in [0.15, 0.2) is 0 Å². The minimum absolute atomic E-state index is 0.0413.